The highest BCUT2D eigenvalue weighted by Crippen LogP contribution is 2.14. The van der Waals surface area contributed by atoms with Crippen LogP contribution in [0.2, 0.25) is 0 Å². The van der Waals surface area contributed by atoms with Crippen molar-refractivity contribution in [3.05, 3.63) is 12.7 Å². The van der Waals surface area contributed by atoms with Crippen LogP contribution in [0.25, 0.3) is 0 Å². The van der Waals surface area contributed by atoms with Gasteiger partial charge in [0.2, 0.25) is 0 Å². The van der Waals surface area contributed by atoms with Crippen molar-refractivity contribution in [2.45, 2.75) is 40.0 Å². The van der Waals surface area contributed by atoms with Crippen LogP contribution in [-0.2, 0) is 4.74 Å². The van der Waals surface area contributed by atoms with Crippen molar-refractivity contribution in [1.29, 1.82) is 0 Å². The van der Waals surface area contributed by atoms with Crippen LogP contribution in [-0.4, -0.2) is 26.3 Å². The molecule has 0 saturated heterocycles. The molecule has 0 aromatic carbocycles. The predicted molar refractivity (Wildman–Crippen MR) is 67.2 cm³/mol. The summed E-state index contributed by atoms with van der Waals surface area (Å²) in [7, 11) is 0. The first-order valence-corrected chi connectivity index (χ1v) is 6.02. The maximum atomic E-state index is 5.64. The van der Waals surface area contributed by atoms with E-state index < -0.39 is 0 Å². The Kier molecular flexibility index (Phi) is 8.73. The molecule has 0 aliphatic carbocycles. The van der Waals surface area contributed by atoms with Crippen LogP contribution in [0.4, 0.5) is 0 Å². The number of hydrogen-bond donors (Lipinski definition) is 1. The molecular formula is C13H27NO. The smallest absolute Gasteiger partial charge is 0.0529 e. The van der Waals surface area contributed by atoms with E-state index in [0.717, 1.165) is 39.1 Å². The second kappa shape index (κ2) is 8.93. The molecule has 90 valence electrons. The minimum Gasteiger partial charge on any atom is -0.381 e. The lowest BCUT2D eigenvalue weighted by atomic mass is 9.95. The van der Waals surface area contributed by atoms with Crippen LogP contribution >= 0.6 is 0 Å². The standard InChI is InChI=1S/C13H27NO/c1-5-7-8-10-15-12-13(3,4)11-14-9-6-2/h5,14H,1,6-12H2,2-4H3. The molecule has 0 spiro atoms. The fourth-order valence-corrected chi connectivity index (χ4v) is 1.33. The Hall–Kier alpha value is -0.340. The fourth-order valence-electron chi connectivity index (χ4n) is 1.33. The summed E-state index contributed by atoms with van der Waals surface area (Å²) < 4.78 is 5.64. The zero-order chi connectivity index (χ0) is 11.6. The molecule has 0 bridgehead atoms. The lowest BCUT2D eigenvalue weighted by Gasteiger charge is -2.24. The van der Waals surface area contributed by atoms with E-state index in [0.29, 0.717) is 0 Å². The molecule has 0 rings (SSSR count). The van der Waals surface area contributed by atoms with Gasteiger partial charge in [0.15, 0.2) is 0 Å². The van der Waals surface area contributed by atoms with E-state index in [1.165, 1.54) is 6.42 Å². The minimum atomic E-state index is 0.239. The molecule has 0 radical (unpaired) electrons. The molecule has 0 saturated carbocycles. The number of nitrogens with one attached hydrogen (secondary N) is 1. The molecule has 0 aliphatic heterocycles. The molecule has 2 heteroatoms. The SMILES string of the molecule is C=CCCCOCC(C)(C)CNCCC. The van der Waals surface area contributed by atoms with Crippen LogP contribution in [0.5, 0.6) is 0 Å². The summed E-state index contributed by atoms with van der Waals surface area (Å²) >= 11 is 0. The second-order valence-electron chi connectivity index (χ2n) is 4.82. The van der Waals surface area contributed by atoms with Crippen molar-refractivity contribution in [1.82, 2.24) is 5.32 Å². The van der Waals surface area contributed by atoms with Crippen LogP contribution in [0, 0.1) is 5.41 Å². The Labute approximate surface area is 95.1 Å². The second-order valence-corrected chi connectivity index (χ2v) is 4.82. The molecule has 0 unspecified atom stereocenters. The summed E-state index contributed by atoms with van der Waals surface area (Å²) in [6, 6.07) is 0. The molecule has 1 N–H and O–H groups in total. The number of allylic oxidation sites excluding steroid dienone is 1. The number of rotatable bonds is 10. The Morgan fingerprint density at radius 1 is 1.40 bits per heavy atom. The summed E-state index contributed by atoms with van der Waals surface area (Å²) in [6.45, 7) is 14.2. The van der Waals surface area contributed by atoms with Crippen LogP contribution < -0.4 is 5.32 Å². The summed E-state index contributed by atoms with van der Waals surface area (Å²) in [5.74, 6) is 0. The summed E-state index contributed by atoms with van der Waals surface area (Å²) in [4.78, 5) is 0. The maximum absolute atomic E-state index is 5.64. The molecule has 0 atom stereocenters. The highest BCUT2D eigenvalue weighted by molar-refractivity contribution is 4.71. The van der Waals surface area contributed by atoms with Gasteiger partial charge in [-0.05, 0) is 25.8 Å². The molecule has 2 nitrogen and oxygen atoms in total. The van der Waals surface area contributed by atoms with Crippen LogP contribution in [0.3, 0.4) is 0 Å². The number of hydrogen-bond acceptors (Lipinski definition) is 2. The Balaban J connectivity index is 3.41. The van der Waals surface area contributed by atoms with E-state index in [-0.39, 0.29) is 5.41 Å². The van der Waals surface area contributed by atoms with Gasteiger partial charge in [-0.15, -0.1) is 6.58 Å². The highest BCUT2D eigenvalue weighted by Gasteiger charge is 2.16. The van der Waals surface area contributed by atoms with Gasteiger partial charge in [0.1, 0.15) is 0 Å². The van der Waals surface area contributed by atoms with Crippen molar-refractivity contribution in [2.24, 2.45) is 5.41 Å². The quantitative estimate of drug-likeness (QED) is 0.445. The van der Waals surface area contributed by atoms with Crippen molar-refractivity contribution in [3.8, 4) is 0 Å². The molecule has 0 heterocycles. The van der Waals surface area contributed by atoms with Crippen LogP contribution in [0.15, 0.2) is 12.7 Å². The zero-order valence-corrected chi connectivity index (χ0v) is 10.6. The van der Waals surface area contributed by atoms with Gasteiger partial charge >= 0.3 is 0 Å². The molecule has 0 aromatic heterocycles. The third-order valence-corrected chi connectivity index (χ3v) is 2.22. The number of unbranched alkanes of at least 4 members (excludes halogenated alkanes) is 1. The topological polar surface area (TPSA) is 21.3 Å². The van der Waals surface area contributed by atoms with E-state index in [1.807, 2.05) is 6.08 Å². The van der Waals surface area contributed by atoms with Gasteiger partial charge in [0, 0.05) is 18.6 Å². The molecule has 15 heavy (non-hydrogen) atoms. The molecular weight excluding hydrogens is 186 g/mol. The third-order valence-electron chi connectivity index (χ3n) is 2.22. The van der Waals surface area contributed by atoms with E-state index in [9.17, 15) is 0 Å². The fraction of sp³-hybridized carbons (Fsp3) is 0.846. The largest absolute Gasteiger partial charge is 0.381 e. The molecule has 0 amide bonds. The normalized spacial score (nSPS) is 11.7. The lowest BCUT2D eigenvalue weighted by Crippen LogP contribution is -2.33. The van der Waals surface area contributed by atoms with E-state index >= 15 is 0 Å². The van der Waals surface area contributed by atoms with Gasteiger partial charge in [0.25, 0.3) is 0 Å². The first-order chi connectivity index (χ1) is 7.12. The number of ether oxygens (including phenoxy) is 1. The van der Waals surface area contributed by atoms with E-state index in [1.54, 1.807) is 0 Å². The third kappa shape index (κ3) is 9.95. The Bertz CT molecular complexity index is 155. The Morgan fingerprint density at radius 3 is 2.73 bits per heavy atom. The molecule has 0 aliphatic rings. The summed E-state index contributed by atoms with van der Waals surface area (Å²) in [6.07, 6.45) is 5.27. The predicted octanol–water partition coefficient (Wildman–Crippen LogP) is 3.00. The summed E-state index contributed by atoms with van der Waals surface area (Å²) in [5.41, 5.74) is 0.239. The average Bonchev–Trinajstić information content (AvgIpc) is 2.17. The summed E-state index contributed by atoms with van der Waals surface area (Å²) in [5, 5.41) is 3.43. The highest BCUT2D eigenvalue weighted by atomic mass is 16.5. The van der Waals surface area contributed by atoms with E-state index in [4.69, 9.17) is 4.74 Å². The first kappa shape index (κ1) is 14.7. The van der Waals surface area contributed by atoms with E-state index in [2.05, 4.69) is 32.7 Å². The van der Waals surface area contributed by atoms with Gasteiger partial charge in [-0.3, -0.25) is 0 Å². The van der Waals surface area contributed by atoms with Crippen molar-refractivity contribution >= 4 is 0 Å². The van der Waals surface area contributed by atoms with Crippen molar-refractivity contribution < 1.29 is 4.74 Å². The van der Waals surface area contributed by atoms with Gasteiger partial charge < -0.3 is 10.1 Å². The molecule has 0 aromatic rings. The molecule has 0 fully saturated rings. The van der Waals surface area contributed by atoms with Gasteiger partial charge in [-0.1, -0.05) is 26.8 Å². The van der Waals surface area contributed by atoms with Crippen LogP contribution in [0.1, 0.15) is 40.0 Å². The van der Waals surface area contributed by atoms with Crippen molar-refractivity contribution in [2.75, 3.05) is 26.3 Å². The first-order valence-electron chi connectivity index (χ1n) is 6.02. The van der Waals surface area contributed by atoms with Gasteiger partial charge in [-0.25, -0.2) is 0 Å². The monoisotopic (exact) mass is 213 g/mol. The Morgan fingerprint density at radius 2 is 2.13 bits per heavy atom. The maximum Gasteiger partial charge on any atom is 0.0529 e. The van der Waals surface area contributed by atoms with Gasteiger partial charge in [0.05, 0.1) is 6.61 Å². The van der Waals surface area contributed by atoms with Crippen molar-refractivity contribution in [3.63, 3.8) is 0 Å². The lowest BCUT2D eigenvalue weighted by molar-refractivity contribution is 0.0612. The zero-order valence-electron chi connectivity index (χ0n) is 10.6. The average molecular weight is 213 g/mol. The van der Waals surface area contributed by atoms with Gasteiger partial charge in [-0.2, -0.15) is 0 Å². The minimum absolute atomic E-state index is 0.239.